The number of amides is 1. The van der Waals surface area contributed by atoms with E-state index in [-0.39, 0.29) is 5.82 Å². The molecule has 0 fully saturated rings. The highest BCUT2D eigenvalue weighted by Gasteiger charge is 2.10. The third-order valence-corrected chi connectivity index (χ3v) is 2.46. The monoisotopic (exact) mass is 212 g/mol. The number of nitrogens with two attached hydrogens (primary N) is 1. The molecule has 0 radical (unpaired) electrons. The van der Waals surface area contributed by atoms with Crippen LogP contribution in [0.25, 0.3) is 21.9 Å². The van der Waals surface area contributed by atoms with Gasteiger partial charge in [0.2, 0.25) is 0 Å². The molecule has 0 saturated heterocycles. The van der Waals surface area contributed by atoms with Gasteiger partial charge in [0.1, 0.15) is 5.52 Å². The number of nitrogens with one attached hydrogen (secondary N) is 1. The standard InChI is InChI=1S/C11H8N4O/c12-10(16)11-14-7-4-3-6-2-1-5-13-8(6)9(7)15-11/h1-5H,(H2,12,16)(H,14,15). The van der Waals surface area contributed by atoms with E-state index in [9.17, 15) is 4.79 Å². The number of hydrogen-bond donors (Lipinski definition) is 2. The third-order valence-electron chi connectivity index (χ3n) is 2.46. The summed E-state index contributed by atoms with van der Waals surface area (Å²) in [5.41, 5.74) is 7.37. The Bertz CT molecular complexity index is 701. The average Bonchev–Trinajstić information content (AvgIpc) is 2.73. The molecule has 3 aromatic rings. The summed E-state index contributed by atoms with van der Waals surface area (Å²) in [6.07, 6.45) is 1.69. The first kappa shape index (κ1) is 8.84. The van der Waals surface area contributed by atoms with Gasteiger partial charge in [0.15, 0.2) is 5.82 Å². The molecular weight excluding hydrogens is 204 g/mol. The largest absolute Gasteiger partial charge is 0.363 e. The zero-order chi connectivity index (χ0) is 11.1. The predicted octanol–water partition coefficient (Wildman–Crippen LogP) is 1.21. The molecule has 3 rings (SSSR count). The number of rotatable bonds is 1. The van der Waals surface area contributed by atoms with Crippen LogP contribution in [-0.2, 0) is 0 Å². The normalized spacial score (nSPS) is 11.0. The number of carbonyl (C=O) groups is 1. The Morgan fingerprint density at radius 1 is 1.25 bits per heavy atom. The number of H-pyrrole nitrogens is 1. The molecule has 0 atom stereocenters. The number of benzene rings is 1. The Morgan fingerprint density at radius 2 is 2.12 bits per heavy atom. The number of imidazole rings is 1. The first-order valence-electron chi connectivity index (χ1n) is 4.79. The SMILES string of the molecule is NC(=O)c1nc2c(ccc3cccnc32)[nH]1. The number of pyridine rings is 1. The highest BCUT2D eigenvalue weighted by Crippen LogP contribution is 2.21. The third kappa shape index (κ3) is 1.15. The van der Waals surface area contributed by atoms with Crippen molar-refractivity contribution in [1.82, 2.24) is 15.0 Å². The van der Waals surface area contributed by atoms with Crippen molar-refractivity contribution < 1.29 is 4.79 Å². The van der Waals surface area contributed by atoms with E-state index in [0.717, 1.165) is 16.4 Å². The van der Waals surface area contributed by atoms with Crippen LogP contribution in [0.4, 0.5) is 0 Å². The van der Waals surface area contributed by atoms with Gasteiger partial charge in [0.05, 0.1) is 11.0 Å². The van der Waals surface area contributed by atoms with Gasteiger partial charge in [-0.05, 0) is 12.1 Å². The summed E-state index contributed by atoms with van der Waals surface area (Å²) in [7, 11) is 0. The van der Waals surface area contributed by atoms with E-state index < -0.39 is 5.91 Å². The number of nitrogens with zero attached hydrogens (tertiary/aromatic N) is 2. The lowest BCUT2D eigenvalue weighted by Gasteiger charge is -1.95. The summed E-state index contributed by atoms with van der Waals surface area (Å²) in [4.78, 5) is 22.3. The first-order chi connectivity index (χ1) is 7.75. The topological polar surface area (TPSA) is 84.7 Å². The summed E-state index contributed by atoms with van der Waals surface area (Å²) in [6, 6.07) is 7.59. The van der Waals surface area contributed by atoms with E-state index >= 15 is 0 Å². The van der Waals surface area contributed by atoms with Gasteiger partial charge in [-0.25, -0.2) is 4.98 Å². The maximum absolute atomic E-state index is 11.0. The van der Waals surface area contributed by atoms with Crippen LogP contribution in [-0.4, -0.2) is 20.9 Å². The molecule has 5 heteroatoms. The van der Waals surface area contributed by atoms with Crippen molar-refractivity contribution in [1.29, 1.82) is 0 Å². The van der Waals surface area contributed by atoms with Crippen LogP contribution in [0, 0.1) is 0 Å². The Morgan fingerprint density at radius 3 is 2.94 bits per heavy atom. The molecule has 0 aliphatic carbocycles. The summed E-state index contributed by atoms with van der Waals surface area (Å²) >= 11 is 0. The van der Waals surface area contributed by atoms with Gasteiger partial charge in [-0.15, -0.1) is 0 Å². The molecule has 3 N–H and O–H groups in total. The van der Waals surface area contributed by atoms with Crippen molar-refractivity contribution in [3.05, 3.63) is 36.3 Å². The fourth-order valence-corrected chi connectivity index (χ4v) is 1.73. The van der Waals surface area contributed by atoms with Gasteiger partial charge < -0.3 is 10.7 Å². The van der Waals surface area contributed by atoms with E-state index in [0.29, 0.717) is 5.52 Å². The Kier molecular flexibility index (Phi) is 1.67. The molecule has 1 aromatic carbocycles. The lowest BCUT2D eigenvalue weighted by molar-refractivity contribution is 0.0991. The maximum Gasteiger partial charge on any atom is 0.284 e. The van der Waals surface area contributed by atoms with E-state index in [2.05, 4.69) is 15.0 Å². The van der Waals surface area contributed by atoms with Gasteiger partial charge >= 0.3 is 0 Å². The molecule has 5 nitrogen and oxygen atoms in total. The molecular formula is C11H8N4O. The van der Waals surface area contributed by atoms with Crippen molar-refractivity contribution in [3.63, 3.8) is 0 Å². The number of aromatic nitrogens is 3. The lowest BCUT2D eigenvalue weighted by atomic mass is 10.2. The summed E-state index contributed by atoms with van der Waals surface area (Å²) in [5.74, 6) is -0.409. The quantitative estimate of drug-likeness (QED) is 0.635. The van der Waals surface area contributed by atoms with Crippen LogP contribution in [0.3, 0.4) is 0 Å². The van der Waals surface area contributed by atoms with Gasteiger partial charge in [-0.1, -0.05) is 12.1 Å². The second-order valence-electron chi connectivity index (χ2n) is 3.49. The number of aromatic amines is 1. The summed E-state index contributed by atoms with van der Waals surface area (Å²) in [5, 5.41) is 0.984. The van der Waals surface area contributed by atoms with E-state index in [1.165, 1.54) is 0 Å². The number of hydrogen-bond acceptors (Lipinski definition) is 3. The van der Waals surface area contributed by atoms with Gasteiger partial charge in [0, 0.05) is 11.6 Å². The summed E-state index contributed by atoms with van der Waals surface area (Å²) in [6.45, 7) is 0. The Balaban J connectivity index is 2.46. The second-order valence-corrected chi connectivity index (χ2v) is 3.49. The number of fused-ring (bicyclic) bond motifs is 3. The molecule has 16 heavy (non-hydrogen) atoms. The fourth-order valence-electron chi connectivity index (χ4n) is 1.73. The van der Waals surface area contributed by atoms with Crippen LogP contribution in [0.15, 0.2) is 30.5 Å². The second kappa shape index (κ2) is 3.03. The zero-order valence-corrected chi connectivity index (χ0v) is 8.27. The average molecular weight is 212 g/mol. The first-order valence-corrected chi connectivity index (χ1v) is 4.79. The van der Waals surface area contributed by atoms with Gasteiger partial charge in [0.25, 0.3) is 5.91 Å². The maximum atomic E-state index is 11.0. The van der Waals surface area contributed by atoms with Gasteiger partial charge in [-0.2, -0.15) is 0 Å². The Labute approximate surface area is 90.3 Å². The molecule has 2 heterocycles. The molecule has 0 unspecified atom stereocenters. The minimum Gasteiger partial charge on any atom is -0.363 e. The van der Waals surface area contributed by atoms with Crippen molar-refractivity contribution in [2.75, 3.05) is 0 Å². The molecule has 1 amide bonds. The molecule has 78 valence electrons. The van der Waals surface area contributed by atoms with Crippen molar-refractivity contribution >= 4 is 27.8 Å². The van der Waals surface area contributed by atoms with E-state index in [1.54, 1.807) is 6.20 Å². The van der Waals surface area contributed by atoms with Crippen LogP contribution >= 0.6 is 0 Å². The molecule has 0 bridgehead atoms. The van der Waals surface area contributed by atoms with E-state index in [1.807, 2.05) is 24.3 Å². The van der Waals surface area contributed by atoms with Gasteiger partial charge in [-0.3, -0.25) is 9.78 Å². The molecule has 0 aliphatic rings. The Hall–Kier alpha value is -2.43. The minimum atomic E-state index is -0.569. The van der Waals surface area contributed by atoms with Crippen LogP contribution in [0.1, 0.15) is 10.6 Å². The van der Waals surface area contributed by atoms with Crippen molar-refractivity contribution in [3.8, 4) is 0 Å². The van der Waals surface area contributed by atoms with Crippen molar-refractivity contribution in [2.45, 2.75) is 0 Å². The van der Waals surface area contributed by atoms with Crippen LogP contribution < -0.4 is 5.73 Å². The highest BCUT2D eigenvalue weighted by molar-refractivity contribution is 6.03. The minimum absolute atomic E-state index is 0.160. The van der Waals surface area contributed by atoms with E-state index in [4.69, 9.17) is 5.73 Å². The number of primary amides is 1. The van der Waals surface area contributed by atoms with Crippen molar-refractivity contribution in [2.24, 2.45) is 5.73 Å². The fraction of sp³-hybridized carbons (Fsp3) is 0. The smallest absolute Gasteiger partial charge is 0.284 e. The molecule has 0 saturated carbocycles. The van der Waals surface area contributed by atoms with Crippen LogP contribution in [0.5, 0.6) is 0 Å². The molecule has 0 aliphatic heterocycles. The number of carbonyl (C=O) groups excluding carboxylic acids is 1. The predicted molar refractivity (Wildman–Crippen MR) is 59.9 cm³/mol. The van der Waals surface area contributed by atoms with Crippen LogP contribution in [0.2, 0.25) is 0 Å². The zero-order valence-electron chi connectivity index (χ0n) is 8.27. The summed E-state index contributed by atoms with van der Waals surface area (Å²) < 4.78 is 0. The molecule has 0 spiro atoms. The highest BCUT2D eigenvalue weighted by atomic mass is 16.1. The molecule has 2 aromatic heterocycles. The lowest BCUT2D eigenvalue weighted by Crippen LogP contribution is -2.12.